The Hall–Kier alpha value is -0.970. The van der Waals surface area contributed by atoms with Crippen LogP contribution in [0.5, 0.6) is 0 Å². The first kappa shape index (κ1) is 10.1. The smallest absolute Gasteiger partial charge is 0.265 e. The molecule has 68 valence electrons. The molecule has 0 spiro atoms. The van der Waals surface area contributed by atoms with Gasteiger partial charge < -0.3 is 5.73 Å². The summed E-state index contributed by atoms with van der Waals surface area (Å²) in [5, 5.41) is 8.53. The molecule has 2 N–H and O–H groups in total. The lowest BCUT2D eigenvalue weighted by Crippen LogP contribution is -2.02. The minimum absolute atomic E-state index is 0.148. The van der Waals surface area contributed by atoms with E-state index in [1.54, 1.807) is 28.7 Å². The molecule has 1 aromatic rings. The van der Waals surface area contributed by atoms with Gasteiger partial charge in [0, 0.05) is 5.56 Å². The molecule has 0 aliphatic heterocycles. The van der Waals surface area contributed by atoms with Crippen LogP contribution >= 0.6 is 22.6 Å². The molecule has 13 heavy (non-hydrogen) atoms. The average molecular weight is 295 g/mol. The molecule has 0 saturated carbocycles. The van der Waals surface area contributed by atoms with Crippen molar-refractivity contribution in [3.8, 4) is 6.07 Å². The summed E-state index contributed by atoms with van der Waals surface area (Å²) in [6.45, 7) is 0. The SMILES string of the molecule is N#Cc1c(C(F)F)cc(I)nc1N. The lowest BCUT2D eigenvalue weighted by molar-refractivity contribution is 0.151. The molecule has 0 amide bonds. The van der Waals surface area contributed by atoms with Crippen LogP contribution in [-0.4, -0.2) is 4.98 Å². The van der Waals surface area contributed by atoms with Gasteiger partial charge in [0.25, 0.3) is 6.43 Å². The van der Waals surface area contributed by atoms with Crippen molar-refractivity contribution in [2.75, 3.05) is 5.73 Å². The van der Waals surface area contributed by atoms with Crippen LogP contribution in [0.25, 0.3) is 0 Å². The topological polar surface area (TPSA) is 62.7 Å². The van der Waals surface area contributed by atoms with E-state index in [0.717, 1.165) is 6.07 Å². The molecule has 6 heteroatoms. The maximum atomic E-state index is 12.3. The highest BCUT2D eigenvalue weighted by Crippen LogP contribution is 2.26. The maximum absolute atomic E-state index is 12.3. The fourth-order valence-electron chi connectivity index (χ4n) is 0.846. The molecule has 0 radical (unpaired) electrons. The number of anilines is 1. The Morgan fingerprint density at radius 3 is 2.69 bits per heavy atom. The molecule has 0 fully saturated rings. The quantitative estimate of drug-likeness (QED) is 0.637. The van der Waals surface area contributed by atoms with E-state index in [9.17, 15) is 8.78 Å². The molecule has 3 nitrogen and oxygen atoms in total. The molecule has 0 unspecified atom stereocenters. The van der Waals surface area contributed by atoms with Crippen LogP contribution in [0.15, 0.2) is 6.07 Å². The normalized spacial score (nSPS) is 10.1. The molecule has 0 bridgehead atoms. The van der Waals surface area contributed by atoms with E-state index in [0.29, 0.717) is 3.70 Å². The van der Waals surface area contributed by atoms with E-state index in [1.807, 2.05) is 0 Å². The molecule has 1 heterocycles. The summed E-state index contributed by atoms with van der Waals surface area (Å²) in [5.74, 6) is -0.148. The molecule has 0 atom stereocenters. The van der Waals surface area contributed by atoms with E-state index < -0.39 is 6.43 Å². The van der Waals surface area contributed by atoms with Crippen molar-refractivity contribution in [1.82, 2.24) is 4.98 Å². The minimum Gasteiger partial charge on any atom is -0.383 e. The van der Waals surface area contributed by atoms with Gasteiger partial charge in [0.2, 0.25) is 0 Å². The third kappa shape index (κ3) is 2.03. The summed E-state index contributed by atoms with van der Waals surface area (Å²) in [6.07, 6.45) is -2.70. The van der Waals surface area contributed by atoms with Gasteiger partial charge in [-0.15, -0.1) is 0 Å². The Morgan fingerprint density at radius 1 is 1.62 bits per heavy atom. The predicted molar refractivity (Wildman–Crippen MR) is 51.0 cm³/mol. The Bertz CT molecular complexity index is 373. The summed E-state index contributed by atoms with van der Waals surface area (Å²) in [5.41, 5.74) is 4.70. The molecular formula is C7H4F2IN3. The van der Waals surface area contributed by atoms with Crippen molar-refractivity contribution in [1.29, 1.82) is 5.26 Å². The first-order chi connectivity index (χ1) is 6.06. The predicted octanol–water partition coefficient (Wildman–Crippen LogP) is 2.08. The second-order valence-corrected chi connectivity index (χ2v) is 3.31. The van der Waals surface area contributed by atoms with Gasteiger partial charge in [0.1, 0.15) is 21.2 Å². The van der Waals surface area contributed by atoms with E-state index in [-0.39, 0.29) is 16.9 Å². The van der Waals surface area contributed by atoms with Crippen molar-refractivity contribution < 1.29 is 8.78 Å². The Balaban J connectivity index is 3.41. The Morgan fingerprint density at radius 2 is 2.23 bits per heavy atom. The second kappa shape index (κ2) is 3.83. The first-order valence-corrected chi connectivity index (χ1v) is 4.28. The Labute approximate surface area is 86.7 Å². The summed E-state index contributed by atoms with van der Waals surface area (Å²) in [4.78, 5) is 3.70. The van der Waals surface area contributed by atoms with Gasteiger partial charge in [0.05, 0.1) is 0 Å². The molecule has 0 aliphatic carbocycles. The third-order valence-corrected chi connectivity index (χ3v) is 1.95. The van der Waals surface area contributed by atoms with Gasteiger partial charge in [0.15, 0.2) is 0 Å². The summed E-state index contributed by atoms with van der Waals surface area (Å²) < 4.78 is 25.0. The number of alkyl halides is 2. The highest BCUT2D eigenvalue weighted by molar-refractivity contribution is 14.1. The number of pyridine rings is 1. The number of nitrogen functional groups attached to an aromatic ring is 1. The van der Waals surface area contributed by atoms with Crippen LogP contribution in [0.4, 0.5) is 14.6 Å². The fourth-order valence-corrected chi connectivity index (χ4v) is 1.44. The van der Waals surface area contributed by atoms with Crippen LogP contribution in [0, 0.1) is 15.0 Å². The number of nitriles is 1. The second-order valence-electron chi connectivity index (χ2n) is 2.21. The number of nitrogens with zero attached hydrogens (tertiary/aromatic N) is 2. The minimum atomic E-state index is -2.70. The average Bonchev–Trinajstić information content (AvgIpc) is 2.02. The zero-order chi connectivity index (χ0) is 10.0. The highest BCUT2D eigenvalue weighted by Gasteiger charge is 2.16. The lowest BCUT2D eigenvalue weighted by Gasteiger charge is -2.04. The van der Waals surface area contributed by atoms with Crippen molar-refractivity contribution >= 4 is 28.4 Å². The molecule has 0 aromatic carbocycles. The van der Waals surface area contributed by atoms with E-state index in [1.165, 1.54) is 0 Å². The van der Waals surface area contributed by atoms with Crippen LogP contribution in [-0.2, 0) is 0 Å². The molecule has 0 saturated heterocycles. The number of hydrogen-bond acceptors (Lipinski definition) is 3. The van der Waals surface area contributed by atoms with Crippen molar-refractivity contribution in [3.63, 3.8) is 0 Å². The van der Waals surface area contributed by atoms with Crippen molar-refractivity contribution in [3.05, 3.63) is 20.9 Å². The van der Waals surface area contributed by atoms with E-state index in [2.05, 4.69) is 4.98 Å². The number of aromatic nitrogens is 1. The highest BCUT2D eigenvalue weighted by atomic mass is 127. The van der Waals surface area contributed by atoms with Gasteiger partial charge in [-0.25, -0.2) is 13.8 Å². The number of nitrogens with two attached hydrogens (primary N) is 1. The van der Waals surface area contributed by atoms with Crippen LogP contribution in [0.1, 0.15) is 17.6 Å². The fraction of sp³-hybridized carbons (Fsp3) is 0.143. The largest absolute Gasteiger partial charge is 0.383 e. The number of halogens is 3. The number of hydrogen-bond donors (Lipinski definition) is 1. The Kier molecular flexibility index (Phi) is 2.98. The molecule has 1 aromatic heterocycles. The number of rotatable bonds is 1. The maximum Gasteiger partial charge on any atom is 0.265 e. The van der Waals surface area contributed by atoms with E-state index in [4.69, 9.17) is 11.0 Å². The third-order valence-electron chi connectivity index (χ3n) is 1.39. The summed E-state index contributed by atoms with van der Waals surface area (Å²) in [6, 6.07) is 2.75. The van der Waals surface area contributed by atoms with Gasteiger partial charge in [-0.05, 0) is 28.7 Å². The monoisotopic (exact) mass is 295 g/mol. The van der Waals surface area contributed by atoms with Crippen LogP contribution < -0.4 is 5.73 Å². The molecule has 0 aliphatic rings. The zero-order valence-electron chi connectivity index (χ0n) is 6.26. The summed E-state index contributed by atoms with van der Waals surface area (Å²) in [7, 11) is 0. The van der Waals surface area contributed by atoms with Gasteiger partial charge in [-0.1, -0.05) is 0 Å². The first-order valence-electron chi connectivity index (χ1n) is 3.20. The van der Waals surface area contributed by atoms with Gasteiger partial charge in [-0.3, -0.25) is 0 Å². The van der Waals surface area contributed by atoms with E-state index >= 15 is 0 Å². The van der Waals surface area contributed by atoms with Gasteiger partial charge >= 0.3 is 0 Å². The van der Waals surface area contributed by atoms with Crippen LogP contribution in [0.3, 0.4) is 0 Å². The standard InChI is InChI=1S/C7H4F2IN3/c8-6(9)3-1-5(10)13-7(12)4(3)2-11/h1,6H,(H2,12,13). The molecule has 1 rings (SSSR count). The van der Waals surface area contributed by atoms with Gasteiger partial charge in [-0.2, -0.15) is 5.26 Å². The van der Waals surface area contributed by atoms with Crippen molar-refractivity contribution in [2.45, 2.75) is 6.43 Å². The molecular weight excluding hydrogens is 291 g/mol. The van der Waals surface area contributed by atoms with Crippen LogP contribution in [0.2, 0.25) is 0 Å². The lowest BCUT2D eigenvalue weighted by atomic mass is 10.1. The summed E-state index contributed by atoms with van der Waals surface area (Å²) >= 11 is 1.76. The van der Waals surface area contributed by atoms with Crippen molar-refractivity contribution in [2.24, 2.45) is 0 Å². The zero-order valence-corrected chi connectivity index (χ0v) is 8.42.